The molecule has 0 radical (unpaired) electrons. The van der Waals surface area contributed by atoms with Crippen LogP contribution >= 0.6 is 15.9 Å². The second-order valence-corrected chi connectivity index (χ2v) is 12.0. The van der Waals surface area contributed by atoms with Crippen molar-refractivity contribution in [1.29, 1.82) is 0 Å². The lowest BCUT2D eigenvalue weighted by Gasteiger charge is -2.33. The summed E-state index contributed by atoms with van der Waals surface area (Å²) in [6, 6.07) is 14.0. The molecular weight excluding hydrogens is 530 g/mol. The van der Waals surface area contributed by atoms with E-state index >= 15 is 0 Å². The first-order valence-corrected chi connectivity index (χ1v) is 14.6. The third kappa shape index (κ3) is 7.54. The number of benzene rings is 2. The number of nitrogens with one attached hydrogen (secondary N) is 1. The standard InChI is InChI=1S/C26H34BrN3O4S/c1-4-24(26(32)28-22-12-5-6-13-22)29(17-20-10-7-9-19(2)15-20)25(31)18-30(35(3,33)34)23-14-8-11-21(27)16-23/h7-11,14-16,22,24H,4-6,12-13,17-18H2,1-3H3,(H,28,32)/t24-/m1/s1. The Balaban J connectivity index is 1.92. The first-order chi connectivity index (χ1) is 16.6. The van der Waals surface area contributed by atoms with Crippen molar-refractivity contribution >= 4 is 43.5 Å². The average Bonchev–Trinajstić information content (AvgIpc) is 3.29. The molecule has 1 atom stereocenters. The summed E-state index contributed by atoms with van der Waals surface area (Å²) in [5.74, 6) is -0.612. The molecule has 0 aromatic heterocycles. The SMILES string of the molecule is CC[C@H](C(=O)NC1CCCC1)N(Cc1cccc(C)c1)C(=O)CN(c1cccc(Br)c1)S(C)(=O)=O. The molecule has 0 bridgehead atoms. The van der Waals surface area contributed by atoms with Crippen LogP contribution in [0.2, 0.25) is 0 Å². The van der Waals surface area contributed by atoms with Crippen molar-refractivity contribution < 1.29 is 18.0 Å². The number of amides is 2. The highest BCUT2D eigenvalue weighted by molar-refractivity contribution is 9.10. The molecule has 1 saturated carbocycles. The molecule has 1 aliphatic carbocycles. The van der Waals surface area contributed by atoms with Crippen LogP contribution in [0.25, 0.3) is 0 Å². The Labute approximate surface area is 217 Å². The van der Waals surface area contributed by atoms with E-state index in [0.717, 1.165) is 47.4 Å². The number of sulfonamides is 1. The minimum atomic E-state index is -3.75. The molecule has 7 nitrogen and oxygen atoms in total. The Hall–Kier alpha value is -2.39. The summed E-state index contributed by atoms with van der Waals surface area (Å²) in [6.07, 6.45) is 5.56. The predicted octanol–water partition coefficient (Wildman–Crippen LogP) is 4.39. The number of aryl methyl sites for hydroxylation is 1. The fraction of sp³-hybridized carbons (Fsp3) is 0.462. The normalized spacial score (nSPS) is 15.0. The maximum atomic E-state index is 13.7. The number of nitrogens with zero attached hydrogens (tertiary/aromatic N) is 2. The summed E-state index contributed by atoms with van der Waals surface area (Å²) in [6.45, 7) is 3.66. The largest absolute Gasteiger partial charge is 0.352 e. The van der Waals surface area contributed by atoms with Crippen LogP contribution in [0.15, 0.2) is 53.0 Å². The number of carbonyl (C=O) groups is 2. The number of carbonyl (C=O) groups excluding carboxylic acids is 2. The fourth-order valence-corrected chi connectivity index (χ4v) is 5.77. The highest BCUT2D eigenvalue weighted by atomic mass is 79.9. The number of hydrogen-bond donors (Lipinski definition) is 1. The van der Waals surface area contributed by atoms with E-state index in [-0.39, 0.29) is 18.5 Å². The Morgan fingerprint density at radius 1 is 1.11 bits per heavy atom. The smallest absolute Gasteiger partial charge is 0.244 e. The van der Waals surface area contributed by atoms with Gasteiger partial charge in [-0.05, 0) is 49.9 Å². The number of anilines is 1. The molecule has 35 heavy (non-hydrogen) atoms. The van der Waals surface area contributed by atoms with Crippen molar-refractivity contribution in [2.75, 3.05) is 17.1 Å². The molecule has 9 heteroatoms. The summed E-state index contributed by atoms with van der Waals surface area (Å²) in [5.41, 5.74) is 2.32. The van der Waals surface area contributed by atoms with Gasteiger partial charge in [-0.15, -0.1) is 0 Å². The van der Waals surface area contributed by atoms with Gasteiger partial charge in [-0.2, -0.15) is 0 Å². The van der Waals surface area contributed by atoms with Crippen LogP contribution in [-0.4, -0.2) is 50.0 Å². The maximum Gasteiger partial charge on any atom is 0.244 e. The van der Waals surface area contributed by atoms with Gasteiger partial charge in [-0.3, -0.25) is 13.9 Å². The third-order valence-corrected chi connectivity index (χ3v) is 7.93. The molecule has 190 valence electrons. The first-order valence-electron chi connectivity index (χ1n) is 12.0. The Morgan fingerprint density at radius 2 is 1.80 bits per heavy atom. The van der Waals surface area contributed by atoms with Gasteiger partial charge >= 0.3 is 0 Å². The molecule has 3 rings (SSSR count). The van der Waals surface area contributed by atoms with E-state index < -0.39 is 28.5 Å². The van der Waals surface area contributed by atoms with Crippen LogP contribution in [0.4, 0.5) is 5.69 Å². The summed E-state index contributed by atoms with van der Waals surface area (Å²) in [4.78, 5) is 28.5. The van der Waals surface area contributed by atoms with Crippen molar-refractivity contribution in [1.82, 2.24) is 10.2 Å². The predicted molar refractivity (Wildman–Crippen MR) is 143 cm³/mol. The van der Waals surface area contributed by atoms with E-state index in [1.165, 1.54) is 4.90 Å². The molecule has 2 amide bonds. The van der Waals surface area contributed by atoms with Gasteiger partial charge in [0.15, 0.2) is 0 Å². The molecule has 1 N–H and O–H groups in total. The second-order valence-electron chi connectivity index (χ2n) is 9.17. The van der Waals surface area contributed by atoms with E-state index in [1.807, 2.05) is 38.1 Å². The van der Waals surface area contributed by atoms with Gasteiger partial charge in [0, 0.05) is 17.1 Å². The lowest BCUT2D eigenvalue weighted by molar-refractivity contribution is -0.140. The molecule has 1 aliphatic rings. The molecule has 0 spiro atoms. The van der Waals surface area contributed by atoms with Crippen LogP contribution in [0, 0.1) is 6.92 Å². The minimum Gasteiger partial charge on any atom is -0.352 e. The van der Waals surface area contributed by atoms with Crippen LogP contribution in [0.3, 0.4) is 0 Å². The van der Waals surface area contributed by atoms with Gasteiger partial charge in [0.05, 0.1) is 11.9 Å². The molecule has 0 heterocycles. The fourth-order valence-electron chi connectivity index (χ4n) is 4.54. The third-order valence-electron chi connectivity index (χ3n) is 6.30. The van der Waals surface area contributed by atoms with Crippen molar-refractivity contribution in [3.05, 3.63) is 64.1 Å². The van der Waals surface area contributed by atoms with Gasteiger partial charge in [0.25, 0.3) is 0 Å². The van der Waals surface area contributed by atoms with E-state index in [4.69, 9.17) is 0 Å². The zero-order chi connectivity index (χ0) is 25.6. The lowest BCUT2D eigenvalue weighted by Crippen LogP contribution is -2.53. The molecule has 1 fully saturated rings. The molecule has 2 aromatic rings. The molecule has 0 aliphatic heterocycles. The molecule has 0 saturated heterocycles. The maximum absolute atomic E-state index is 13.7. The zero-order valence-electron chi connectivity index (χ0n) is 20.5. The Bertz CT molecular complexity index is 1150. The Morgan fingerprint density at radius 3 is 2.40 bits per heavy atom. The molecule has 0 unspecified atom stereocenters. The van der Waals surface area contributed by atoms with Gasteiger partial charge in [0.2, 0.25) is 21.8 Å². The lowest BCUT2D eigenvalue weighted by atomic mass is 10.1. The number of halogens is 1. The number of rotatable bonds is 10. The van der Waals surface area contributed by atoms with Crippen LogP contribution in [0.1, 0.15) is 50.2 Å². The van der Waals surface area contributed by atoms with E-state index in [9.17, 15) is 18.0 Å². The van der Waals surface area contributed by atoms with Crippen molar-refractivity contribution in [3.63, 3.8) is 0 Å². The average molecular weight is 565 g/mol. The molecular formula is C26H34BrN3O4S. The van der Waals surface area contributed by atoms with Gasteiger partial charge in [-0.1, -0.05) is 71.6 Å². The Kier molecular flexibility index (Phi) is 9.35. The van der Waals surface area contributed by atoms with Crippen LogP contribution in [0.5, 0.6) is 0 Å². The first kappa shape index (κ1) is 27.2. The quantitative estimate of drug-likeness (QED) is 0.464. The topological polar surface area (TPSA) is 86.8 Å². The van der Waals surface area contributed by atoms with E-state index in [2.05, 4.69) is 21.2 Å². The van der Waals surface area contributed by atoms with Gasteiger partial charge in [0.1, 0.15) is 12.6 Å². The van der Waals surface area contributed by atoms with Crippen molar-refractivity contribution in [2.45, 2.75) is 64.6 Å². The summed E-state index contributed by atoms with van der Waals surface area (Å²) in [5, 5.41) is 3.11. The minimum absolute atomic E-state index is 0.127. The van der Waals surface area contributed by atoms with E-state index in [0.29, 0.717) is 16.6 Å². The highest BCUT2D eigenvalue weighted by Crippen LogP contribution is 2.24. The van der Waals surface area contributed by atoms with Gasteiger partial charge in [-0.25, -0.2) is 8.42 Å². The van der Waals surface area contributed by atoms with Crippen LogP contribution < -0.4 is 9.62 Å². The monoisotopic (exact) mass is 563 g/mol. The van der Waals surface area contributed by atoms with Crippen molar-refractivity contribution in [3.8, 4) is 0 Å². The van der Waals surface area contributed by atoms with Crippen molar-refractivity contribution in [2.24, 2.45) is 0 Å². The molecule has 2 aromatic carbocycles. The highest BCUT2D eigenvalue weighted by Gasteiger charge is 2.33. The van der Waals surface area contributed by atoms with Gasteiger partial charge < -0.3 is 10.2 Å². The summed E-state index contributed by atoms with van der Waals surface area (Å²) < 4.78 is 27.1. The van der Waals surface area contributed by atoms with E-state index in [1.54, 1.807) is 24.3 Å². The summed E-state index contributed by atoms with van der Waals surface area (Å²) in [7, 11) is -3.75. The zero-order valence-corrected chi connectivity index (χ0v) is 22.9. The van der Waals surface area contributed by atoms with Crippen LogP contribution in [-0.2, 0) is 26.2 Å². The second kappa shape index (κ2) is 12.0. The summed E-state index contributed by atoms with van der Waals surface area (Å²) >= 11 is 3.37. The number of hydrogen-bond acceptors (Lipinski definition) is 4.